The van der Waals surface area contributed by atoms with Gasteiger partial charge in [-0.15, -0.1) is 16.7 Å². The molecule has 20 heavy (non-hydrogen) atoms. The second-order valence-electron chi connectivity index (χ2n) is 4.10. The van der Waals surface area contributed by atoms with Gasteiger partial charge in [0.2, 0.25) is 15.9 Å². The van der Waals surface area contributed by atoms with Crippen molar-refractivity contribution in [1.29, 1.82) is 0 Å². The van der Waals surface area contributed by atoms with Gasteiger partial charge in [0.25, 0.3) is 0 Å². The number of hydrogen-bond acceptors (Lipinski definition) is 5. The molecule has 0 amide bonds. The first-order valence-electron chi connectivity index (χ1n) is 6.06. The van der Waals surface area contributed by atoms with Gasteiger partial charge in [0.15, 0.2) is 0 Å². The predicted octanol–water partition coefficient (Wildman–Crippen LogP) is 2.50. The molecular formula is C12H14ClN3O3S. The Morgan fingerprint density at radius 2 is 1.90 bits per heavy atom. The number of alkyl halides is 1. The minimum Gasteiger partial charge on any atom is -0.403 e. The number of aromatic nitrogens is 2. The number of nitrogens with one attached hydrogen (secondary N) is 1. The summed E-state index contributed by atoms with van der Waals surface area (Å²) in [6.45, 7) is 0. The van der Waals surface area contributed by atoms with Crippen molar-refractivity contribution < 1.29 is 12.8 Å². The number of rotatable bonds is 7. The average molecular weight is 316 g/mol. The van der Waals surface area contributed by atoms with Crippen molar-refractivity contribution in [2.24, 2.45) is 0 Å². The first-order chi connectivity index (χ1) is 9.61. The zero-order valence-corrected chi connectivity index (χ0v) is 12.2. The van der Waals surface area contributed by atoms with Crippen molar-refractivity contribution in [2.45, 2.75) is 12.8 Å². The Hall–Kier alpha value is -1.60. The highest BCUT2D eigenvalue weighted by atomic mass is 35.5. The van der Waals surface area contributed by atoms with Gasteiger partial charge in [0, 0.05) is 11.4 Å². The van der Waals surface area contributed by atoms with E-state index < -0.39 is 10.0 Å². The molecule has 0 aliphatic rings. The van der Waals surface area contributed by atoms with E-state index in [0.29, 0.717) is 18.7 Å². The van der Waals surface area contributed by atoms with Crippen LogP contribution >= 0.6 is 11.6 Å². The van der Waals surface area contributed by atoms with E-state index in [1.807, 2.05) is 18.2 Å². The van der Waals surface area contributed by atoms with E-state index in [-0.39, 0.29) is 17.7 Å². The molecule has 1 aromatic heterocycles. The first-order valence-corrected chi connectivity index (χ1v) is 8.25. The molecule has 6 nitrogen and oxygen atoms in total. The van der Waals surface area contributed by atoms with Gasteiger partial charge < -0.3 is 4.42 Å². The van der Waals surface area contributed by atoms with Gasteiger partial charge in [-0.2, -0.15) is 0 Å². The Morgan fingerprint density at radius 3 is 2.60 bits per heavy atom. The van der Waals surface area contributed by atoms with Crippen LogP contribution in [0, 0.1) is 0 Å². The molecule has 0 aliphatic carbocycles. The zero-order valence-electron chi connectivity index (χ0n) is 10.6. The van der Waals surface area contributed by atoms with Crippen molar-refractivity contribution in [3.8, 4) is 11.5 Å². The van der Waals surface area contributed by atoms with Crippen molar-refractivity contribution in [1.82, 2.24) is 10.2 Å². The van der Waals surface area contributed by atoms with Crippen LogP contribution in [0.15, 0.2) is 34.7 Å². The summed E-state index contributed by atoms with van der Waals surface area (Å²) in [6.07, 6.45) is 1.13. The molecule has 8 heteroatoms. The Morgan fingerprint density at radius 1 is 1.15 bits per heavy atom. The fourth-order valence-electron chi connectivity index (χ4n) is 1.53. The molecule has 2 rings (SSSR count). The number of halogens is 1. The molecule has 1 N–H and O–H groups in total. The molecule has 108 valence electrons. The topological polar surface area (TPSA) is 85.1 Å². The van der Waals surface area contributed by atoms with E-state index in [1.54, 1.807) is 12.1 Å². The molecule has 0 radical (unpaired) electrons. The molecule has 1 heterocycles. The second kappa shape index (κ2) is 6.71. The molecule has 0 aliphatic heterocycles. The number of nitrogens with zero attached hydrogens (tertiary/aromatic N) is 2. The molecule has 0 bridgehead atoms. The van der Waals surface area contributed by atoms with Crippen LogP contribution in [0.4, 0.5) is 6.01 Å². The number of hydrogen-bond donors (Lipinski definition) is 1. The maximum Gasteiger partial charge on any atom is 0.329 e. The van der Waals surface area contributed by atoms with Gasteiger partial charge in [-0.1, -0.05) is 23.3 Å². The Balaban J connectivity index is 2.03. The normalized spacial score (nSPS) is 11.4. The average Bonchev–Trinajstić information content (AvgIpc) is 2.87. The highest BCUT2D eigenvalue weighted by molar-refractivity contribution is 7.92. The molecule has 0 saturated carbocycles. The van der Waals surface area contributed by atoms with Gasteiger partial charge in [-0.25, -0.2) is 13.1 Å². The lowest BCUT2D eigenvalue weighted by molar-refractivity contribution is 0.576. The number of anilines is 1. The van der Waals surface area contributed by atoms with Crippen molar-refractivity contribution in [3.05, 3.63) is 30.3 Å². The standard InChI is InChI=1S/C12H14ClN3O3S/c13-8-4-5-9-20(17,18)16-12-15-14-11(19-12)10-6-2-1-3-7-10/h1-3,6-7H,4-5,8-9H2,(H,15,16). The quantitative estimate of drug-likeness (QED) is 0.626. The third-order valence-electron chi connectivity index (χ3n) is 2.49. The van der Waals surface area contributed by atoms with Gasteiger partial charge in [0.1, 0.15) is 0 Å². The van der Waals surface area contributed by atoms with Gasteiger partial charge in [-0.05, 0) is 25.0 Å². The van der Waals surface area contributed by atoms with Crippen molar-refractivity contribution in [2.75, 3.05) is 16.4 Å². The number of benzene rings is 1. The lowest BCUT2D eigenvalue weighted by Crippen LogP contribution is -2.17. The van der Waals surface area contributed by atoms with Gasteiger partial charge in [-0.3, -0.25) is 0 Å². The van der Waals surface area contributed by atoms with Crippen molar-refractivity contribution >= 4 is 27.6 Å². The fourth-order valence-corrected chi connectivity index (χ4v) is 2.76. The predicted molar refractivity (Wildman–Crippen MR) is 77.1 cm³/mol. The van der Waals surface area contributed by atoms with Gasteiger partial charge in [0.05, 0.1) is 5.75 Å². The summed E-state index contributed by atoms with van der Waals surface area (Å²) in [7, 11) is -3.48. The van der Waals surface area contributed by atoms with Crippen LogP contribution in [0.1, 0.15) is 12.8 Å². The van der Waals surface area contributed by atoms with Crippen LogP contribution in [-0.2, 0) is 10.0 Å². The van der Waals surface area contributed by atoms with E-state index in [4.69, 9.17) is 16.0 Å². The monoisotopic (exact) mass is 315 g/mol. The van der Waals surface area contributed by atoms with E-state index in [1.165, 1.54) is 0 Å². The van der Waals surface area contributed by atoms with E-state index in [0.717, 1.165) is 5.56 Å². The molecule has 2 aromatic rings. The Bertz CT molecular complexity index is 643. The van der Waals surface area contributed by atoms with Crippen molar-refractivity contribution in [3.63, 3.8) is 0 Å². The Kier molecular flexibility index (Phi) is 4.97. The summed E-state index contributed by atoms with van der Waals surface area (Å²) in [5.74, 6) is 0.681. The van der Waals surface area contributed by atoms with Crippen LogP contribution in [-0.4, -0.2) is 30.2 Å². The summed E-state index contributed by atoms with van der Waals surface area (Å²) < 4.78 is 31.0. The molecule has 0 spiro atoms. The summed E-state index contributed by atoms with van der Waals surface area (Å²) in [6, 6.07) is 8.99. The summed E-state index contributed by atoms with van der Waals surface area (Å²) >= 11 is 5.51. The molecule has 0 unspecified atom stereocenters. The Labute approximate surface area is 122 Å². The molecule has 0 atom stereocenters. The lowest BCUT2D eigenvalue weighted by Gasteiger charge is -2.02. The smallest absolute Gasteiger partial charge is 0.329 e. The van der Waals surface area contributed by atoms with Gasteiger partial charge >= 0.3 is 6.01 Å². The molecule has 0 fully saturated rings. The van der Waals surface area contributed by atoms with Crippen LogP contribution < -0.4 is 4.72 Å². The highest BCUT2D eigenvalue weighted by Gasteiger charge is 2.15. The maximum absolute atomic E-state index is 11.7. The minimum absolute atomic E-state index is 0.0250. The molecular weight excluding hydrogens is 302 g/mol. The van der Waals surface area contributed by atoms with E-state index in [2.05, 4.69) is 14.9 Å². The SMILES string of the molecule is O=S(=O)(CCCCCl)Nc1nnc(-c2ccccc2)o1. The number of sulfonamides is 1. The maximum atomic E-state index is 11.7. The van der Waals surface area contributed by atoms with Crippen LogP contribution in [0.2, 0.25) is 0 Å². The number of unbranched alkanes of at least 4 members (excludes halogenated alkanes) is 1. The third kappa shape index (κ3) is 4.21. The first kappa shape index (κ1) is 14.8. The third-order valence-corrected chi connectivity index (χ3v) is 4.06. The molecule has 1 aromatic carbocycles. The summed E-state index contributed by atoms with van der Waals surface area (Å²) in [4.78, 5) is 0. The van der Waals surface area contributed by atoms with Crippen LogP contribution in [0.5, 0.6) is 0 Å². The molecule has 0 saturated heterocycles. The summed E-state index contributed by atoms with van der Waals surface area (Å²) in [5, 5.41) is 7.48. The van der Waals surface area contributed by atoms with Crippen LogP contribution in [0.25, 0.3) is 11.5 Å². The lowest BCUT2D eigenvalue weighted by atomic mass is 10.2. The highest BCUT2D eigenvalue weighted by Crippen LogP contribution is 2.19. The minimum atomic E-state index is -3.48. The zero-order chi connectivity index (χ0) is 14.4. The van der Waals surface area contributed by atoms with E-state index >= 15 is 0 Å². The summed E-state index contributed by atoms with van der Waals surface area (Å²) in [5.41, 5.74) is 0.729. The van der Waals surface area contributed by atoms with Crippen LogP contribution in [0.3, 0.4) is 0 Å². The largest absolute Gasteiger partial charge is 0.403 e. The second-order valence-corrected chi connectivity index (χ2v) is 6.32. The van der Waals surface area contributed by atoms with E-state index in [9.17, 15) is 8.42 Å². The fraction of sp³-hybridized carbons (Fsp3) is 0.333.